The molecule has 3 heterocycles. The van der Waals surface area contributed by atoms with Gasteiger partial charge in [-0.2, -0.15) is 4.52 Å². The van der Waals surface area contributed by atoms with Crippen LogP contribution in [0.25, 0.3) is 5.65 Å². The van der Waals surface area contributed by atoms with Crippen LogP contribution in [0.3, 0.4) is 0 Å². The first-order valence-electron chi connectivity index (χ1n) is 5.90. The van der Waals surface area contributed by atoms with Crippen molar-refractivity contribution >= 4 is 11.5 Å². The van der Waals surface area contributed by atoms with Crippen LogP contribution < -0.4 is 10.6 Å². The second kappa shape index (κ2) is 4.62. The van der Waals surface area contributed by atoms with Crippen molar-refractivity contribution in [1.82, 2.24) is 30.3 Å². The standard InChI is InChI=1S/C10H15N7/c1-3-11-4-2-8(1)5-13-9-6-12-7-10-14-15-16-17(9)10/h6-8,11,13H,1-5H2. The van der Waals surface area contributed by atoms with Gasteiger partial charge in [-0.3, -0.25) is 4.98 Å². The molecular formula is C10H15N7. The Morgan fingerprint density at radius 2 is 2.24 bits per heavy atom. The van der Waals surface area contributed by atoms with Crippen molar-refractivity contribution in [3.05, 3.63) is 12.4 Å². The highest BCUT2D eigenvalue weighted by Crippen LogP contribution is 2.13. The van der Waals surface area contributed by atoms with Crippen LogP contribution in [0.2, 0.25) is 0 Å². The highest BCUT2D eigenvalue weighted by molar-refractivity contribution is 5.43. The molecule has 1 aliphatic rings. The van der Waals surface area contributed by atoms with E-state index in [1.165, 1.54) is 12.8 Å². The molecule has 2 aromatic rings. The van der Waals surface area contributed by atoms with E-state index in [2.05, 4.69) is 31.1 Å². The van der Waals surface area contributed by atoms with Crippen molar-refractivity contribution in [1.29, 1.82) is 0 Å². The van der Waals surface area contributed by atoms with Gasteiger partial charge in [0, 0.05) is 6.54 Å². The van der Waals surface area contributed by atoms with Crippen LogP contribution >= 0.6 is 0 Å². The van der Waals surface area contributed by atoms with E-state index in [4.69, 9.17) is 0 Å². The van der Waals surface area contributed by atoms with E-state index in [-0.39, 0.29) is 0 Å². The molecule has 0 amide bonds. The zero-order valence-corrected chi connectivity index (χ0v) is 9.50. The summed E-state index contributed by atoms with van der Waals surface area (Å²) >= 11 is 0. The van der Waals surface area contributed by atoms with E-state index in [0.29, 0.717) is 11.6 Å². The number of tetrazole rings is 1. The second-order valence-corrected chi connectivity index (χ2v) is 4.32. The monoisotopic (exact) mass is 233 g/mol. The lowest BCUT2D eigenvalue weighted by Crippen LogP contribution is -2.31. The number of anilines is 1. The van der Waals surface area contributed by atoms with E-state index < -0.39 is 0 Å². The van der Waals surface area contributed by atoms with Crippen LogP contribution in [0, 0.1) is 5.92 Å². The van der Waals surface area contributed by atoms with E-state index in [9.17, 15) is 0 Å². The smallest absolute Gasteiger partial charge is 0.199 e. The molecule has 17 heavy (non-hydrogen) atoms. The van der Waals surface area contributed by atoms with Gasteiger partial charge in [-0.15, -0.1) is 5.10 Å². The molecule has 7 heteroatoms. The molecule has 0 aromatic carbocycles. The maximum atomic E-state index is 4.11. The minimum atomic E-state index is 0.667. The van der Waals surface area contributed by atoms with Gasteiger partial charge in [0.1, 0.15) is 5.82 Å². The highest BCUT2D eigenvalue weighted by Gasteiger charge is 2.13. The molecular weight excluding hydrogens is 218 g/mol. The Balaban J connectivity index is 1.69. The SMILES string of the molecule is c1ncc2nnnn2c1NCC1CCNCC1. The number of aromatic nitrogens is 5. The number of rotatable bonds is 3. The quantitative estimate of drug-likeness (QED) is 0.772. The van der Waals surface area contributed by atoms with Gasteiger partial charge in [-0.25, -0.2) is 0 Å². The van der Waals surface area contributed by atoms with Crippen LogP contribution in [0.5, 0.6) is 0 Å². The molecule has 1 saturated heterocycles. The van der Waals surface area contributed by atoms with E-state index >= 15 is 0 Å². The first-order chi connectivity index (χ1) is 8.43. The molecule has 1 aliphatic heterocycles. The van der Waals surface area contributed by atoms with Gasteiger partial charge >= 0.3 is 0 Å². The molecule has 0 spiro atoms. The molecule has 1 fully saturated rings. The van der Waals surface area contributed by atoms with Crippen molar-refractivity contribution in [2.45, 2.75) is 12.8 Å². The maximum Gasteiger partial charge on any atom is 0.199 e. The Bertz CT molecular complexity index is 488. The third-order valence-electron chi connectivity index (χ3n) is 3.14. The third kappa shape index (κ3) is 2.19. The van der Waals surface area contributed by atoms with Crippen LogP contribution in [0.4, 0.5) is 5.82 Å². The Morgan fingerprint density at radius 3 is 3.12 bits per heavy atom. The Kier molecular flexibility index (Phi) is 2.83. The maximum absolute atomic E-state index is 4.11. The van der Waals surface area contributed by atoms with Gasteiger partial charge in [0.2, 0.25) is 0 Å². The fraction of sp³-hybridized carbons (Fsp3) is 0.600. The molecule has 0 aliphatic carbocycles. The van der Waals surface area contributed by atoms with Gasteiger partial charge in [-0.05, 0) is 42.3 Å². The predicted octanol–water partition coefficient (Wildman–Crippen LogP) is -0.0692. The number of nitrogens with zero attached hydrogens (tertiary/aromatic N) is 5. The summed E-state index contributed by atoms with van der Waals surface area (Å²) in [5.41, 5.74) is 0.667. The number of hydrogen-bond acceptors (Lipinski definition) is 6. The summed E-state index contributed by atoms with van der Waals surface area (Å²) in [6.45, 7) is 3.17. The topological polar surface area (TPSA) is 80.0 Å². The van der Waals surface area contributed by atoms with Crippen molar-refractivity contribution in [3.8, 4) is 0 Å². The predicted molar refractivity (Wildman–Crippen MR) is 62.7 cm³/mol. The number of fused-ring (bicyclic) bond motifs is 1. The van der Waals surface area contributed by atoms with Crippen LogP contribution in [-0.2, 0) is 0 Å². The lowest BCUT2D eigenvalue weighted by molar-refractivity contribution is 0.389. The number of piperidine rings is 1. The fourth-order valence-electron chi connectivity index (χ4n) is 2.13. The summed E-state index contributed by atoms with van der Waals surface area (Å²) in [6, 6.07) is 0. The summed E-state index contributed by atoms with van der Waals surface area (Å²) in [4.78, 5) is 4.11. The van der Waals surface area contributed by atoms with E-state index in [1.54, 1.807) is 16.9 Å². The van der Waals surface area contributed by atoms with Crippen molar-refractivity contribution in [3.63, 3.8) is 0 Å². The Labute approximate surface area is 98.6 Å². The van der Waals surface area contributed by atoms with Crippen molar-refractivity contribution in [2.75, 3.05) is 25.0 Å². The average Bonchev–Trinajstić information content (AvgIpc) is 2.86. The van der Waals surface area contributed by atoms with Gasteiger partial charge in [0.25, 0.3) is 0 Å². The van der Waals surface area contributed by atoms with Gasteiger partial charge in [0.05, 0.1) is 12.4 Å². The van der Waals surface area contributed by atoms with E-state index in [0.717, 1.165) is 25.5 Å². The molecule has 0 radical (unpaired) electrons. The second-order valence-electron chi connectivity index (χ2n) is 4.32. The average molecular weight is 233 g/mol. The first kappa shape index (κ1) is 10.4. The molecule has 0 atom stereocenters. The Morgan fingerprint density at radius 1 is 1.35 bits per heavy atom. The highest BCUT2D eigenvalue weighted by atomic mass is 15.5. The van der Waals surface area contributed by atoms with Gasteiger partial charge in [0.15, 0.2) is 5.65 Å². The lowest BCUT2D eigenvalue weighted by Gasteiger charge is -2.23. The molecule has 2 aromatic heterocycles. The minimum absolute atomic E-state index is 0.667. The zero-order chi connectivity index (χ0) is 11.5. The summed E-state index contributed by atoms with van der Waals surface area (Å²) in [6.07, 6.45) is 5.83. The lowest BCUT2D eigenvalue weighted by atomic mass is 9.98. The molecule has 3 rings (SSSR count). The molecule has 0 unspecified atom stereocenters. The first-order valence-corrected chi connectivity index (χ1v) is 5.90. The molecule has 0 bridgehead atoms. The number of nitrogens with one attached hydrogen (secondary N) is 2. The Hall–Kier alpha value is -1.76. The van der Waals surface area contributed by atoms with Crippen LogP contribution in [-0.4, -0.2) is 44.7 Å². The van der Waals surface area contributed by atoms with Gasteiger partial charge in [-0.1, -0.05) is 0 Å². The zero-order valence-electron chi connectivity index (χ0n) is 9.50. The minimum Gasteiger partial charge on any atom is -0.368 e. The fourth-order valence-corrected chi connectivity index (χ4v) is 2.13. The molecule has 7 nitrogen and oxygen atoms in total. The normalized spacial score (nSPS) is 17.4. The number of hydrogen-bond donors (Lipinski definition) is 2. The van der Waals surface area contributed by atoms with Crippen LogP contribution in [0.15, 0.2) is 12.4 Å². The summed E-state index contributed by atoms with van der Waals surface area (Å²) in [7, 11) is 0. The third-order valence-corrected chi connectivity index (χ3v) is 3.14. The molecule has 90 valence electrons. The van der Waals surface area contributed by atoms with Crippen molar-refractivity contribution in [2.24, 2.45) is 5.92 Å². The van der Waals surface area contributed by atoms with Crippen molar-refractivity contribution < 1.29 is 0 Å². The molecule has 2 N–H and O–H groups in total. The van der Waals surface area contributed by atoms with Gasteiger partial charge < -0.3 is 10.6 Å². The summed E-state index contributed by atoms with van der Waals surface area (Å²) < 4.78 is 1.67. The largest absolute Gasteiger partial charge is 0.368 e. The molecule has 0 saturated carbocycles. The summed E-state index contributed by atoms with van der Waals surface area (Å²) in [5, 5.41) is 18.2. The van der Waals surface area contributed by atoms with E-state index in [1.807, 2.05) is 0 Å². The summed E-state index contributed by atoms with van der Waals surface area (Å²) in [5.74, 6) is 1.56. The van der Waals surface area contributed by atoms with Crippen LogP contribution in [0.1, 0.15) is 12.8 Å².